The summed E-state index contributed by atoms with van der Waals surface area (Å²) in [6, 6.07) is 13.9. The normalized spacial score (nSPS) is 10.2. The summed E-state index contributed by atoms with van der Waals surface area (Å²) in [6.45, 7) is 1.06. The van der Waals surface area contributed by atoms with Crippen molar-refractivity contribution in [3.05, 3.63) is 53.6 Å². The van der Waals surface area contributed by atoms with E-state index in [-0.39, 0.29) is 0 Å². The monoisotopic (exact) mass is 287 g/mol. The van der Waals surface area contributed by atoms with Crippen molar-refractivity contribution in [3.63, 3.8) is 0 Å². The molecule has 2 aromatic carbocycles. The molecular formula is C17H21NO3. The van der Waals surface area contributed by atoms with Gasteiger partial charge in [0.15, 0.2) is 11.5 Å². The second-order valence-electron chi connectivity index (χ2n) is 4.64. The molecule has 21 heavy (non-hydrogen) atoms. The third-order valence-electron chi connectivity index (χ3n) is 3.17. The Morgan fingerprint density at radius 1 is 0.905 bits per heavy atom. The van der Waals surface area contributed by atoms with Gasteiger partial charge in [0.1, 0.15) is 6.61 Å². The number of hydrogen-bond donors (Lipinski definition) is 1. The van der Waals surface area contributed by atoms with Gasteiger partial charge in [-0.3, -0.25) is 0 Å². The van der Waals surface area contributed by atoms with Crippen molar-refractivity contribution in [2.75, 3.05) is 20.8 Å². The number of methoxy groups -OCH3 is 2. The van der Waals surface area contributed by atoms with Gasteiger partial charge in [-0.15, -0.1) is 0 Å². The Balaban J connectivity index is 2.25. The molecule has 2 aromatic rings. The highest BCUT2D eigenvalue weighted by molar-refractivity contribution is 5.54. The minimum absolute atomic E-state index is 0.479. The lowest BCUT2D eigenvalue weighted by Crippen LogP contribution is -2.05. The van der Waals surface area contributed by atoms with Crippen LogP contribution < -0.4 is 19.9 Å². The number of ether oxygens (including phenoxy) is 3. The molecule has 4 heteroatoms. The van der Waals surface area contributed by atoms with E-state index in [1.54, 1.807) is 14.2 Å². The van der Waals surface area contributed by atoms with E-state index in [0.29, 0.717) is 30.4 Å². The lowest BCUT2D eigenvalue weighted by Gasteiger charge is -2.15. The van der Waals surface area contributed by atoms with Crippen molar-refractivity contribution in [3.8, 4) is 17.2 Å². The maximum atomic E-state index is 5.90. The minimum atomic E-state index is 0.479. The standard InChI is InChI=1S/C17H21NO3/c1-19-15-10-14(8-9-18)11-16(17(15)20-2)21-12-13-6-4-3-5-7-13/h3-7,10-11H,8-9,12,18H2,1-2H3. The third-order valence-corrected chi connectivity index (χ3v) is 3.17. The molecule has 0 bridgehead atoms. The maximum Gasteiger partial charge on any atom is 0.203 e. The summed E-state index contributed by atoms with van der Waals surface area (Å²) < 4.78 is 16.7. The average molecular weight is 287 g/mol. The summed E-state index contributed by atoms with van der Waals surface area (Å²) in [5.41, 5.74) is 7.79. The molecule has 0 saturated heterocycles. The fraction of sp³-hybridized carbons (Fsp3) is 0.294. The van der Waals surface area contributed by atoms with Crippen LogP contribution in [0.1, 0.15) is 11.1 Å². The summed E-state index contributed by atoms with van der Waals surface area (Å²) in [7, 11) is 3.22. The zero-order valence-corrected chi connectivity index (χ0v) is 12.5. The van der Waals surface area contributed by atoms with Crippen LogP contribution in [0.5, 0.6) is 17.2 Å². The Hall–Kier alpha value is -2.20. The molecule has 0 amide bonds. The molecule has 0 aliphatic rings. The van der Waals surface area contributed by atoms with Crippen LogP contribution in [-0.4, -0.2) is 20.8 Å². The first kappa shape index (κ1) is 15.2. The van der Waals surface area contributed by atoms with E-state index in [2.05, 4.69) is 0 Å². The van der Waals surface area contributed by atoms with Crippen molar-refractivity contribution < 1.29 is 14.2 Å². The number of nitrogens with two attached hydrogens (primary N) is 1. The van der Waals surface area contributed by atoms with E-state index in [1.165, 1.54) is 0 Å². The van der Waals surface area contributed by atoms with Crippen molar-refractivity contribution in [1.29, 1.82) is 0 Å². The minimum Gasteiger partial charge on any atom is -0.493 e. The van der Waals surface area contributed by atoms with Crippen LogP contribution in [-0.2, 0) is 13.0 Å². The van der Waals surface area contributed by atoms with E-state index in [0.717, 1.165) is 17.5 Å². The summed E-state index contributed by atoms with van der Waals surface area (Å²) >= 11 is 0. The molecule has 0 spiro atoms. The van der Waals surface area contributed by atoms with Crippen LogP contribution in [0.4, 0.5) is 0 Å². The first-order chi connectivity index (χ1) is 10.3. The Morgan fingerprint density at radius 2 is 1.62 bits per heavy atom. The molecule has 0 fully saturated rings. The van der Waals surface area contributed by atoms with Crippen LogP contribution in [0.25, 0.3) is 0 Å². The van der Waals surface area contributed by atoms with E-state index in [4.69, 9.17) is 19.9 Å². The number of rotatable bonds is 7. The highest BCUT2D eigenvalue weighted by Crippen LogP contribution is 2.38. The molecule has 0 atom stereocenters. The summed E-state index contributed by atoms with van der Waals surface area (Å²) in [4.78, 5) is 0. The highest BCUT2D eigenvalue weighted by Gasteiger charge is 2.13. The molecule has 112 valence electrons. The molecular weight excluding hydrogens is 266 g/mol. The van der Waals surface area contributed by atoms with Crippen LogP contribution in [0.15, 0.2) is 42.5 Å². The number of benzene rings is 2. The Morgan fingerprint density at radius 3 is 2.24 bits per heavy atom. The highest BCUT2D eigenvalue weighted by atomic mass is 16.5. The third kappa shape index (κ3) is 3.89. The summed E-state index contributed by atoms with van der Waals surface area (Å²) in [6.07, 6.45) is 0.766. The second-order valence-corrected chi connectivity index (χ2v) is 4.64. The molecule has 0 radical (unpaired) electrons. The molecule has 0 aliphatic heterocycles. The molecule has 0 unspecified atom stereocenters. The van der Waals surface area contributed by atoms with Gasteiger partial charge in [0.05, 0.1) is 14.2 Å². The van der Waals surface area contributed by atoms with Gasteiger partial charge < -0.3 is 19.9 Å². The fourth-order valence-corrected chi connectivity index (χ4v) is 2.14. The Bertz CT molecular complexity index is 570. The van der Waals surface area contributed by atoms with Crippen LogP contribution in [0.3, 0.4) is 0 Å². The van der Waals surface area contributed by atoms with Gasteiger partial charge in [0, 0.05) is 0 Å². The van der Waals surface area contributed by atoms with Gasteiger partial charge in [-0.2, -0.15) is 0 Å². The second kappa shape index (κ2) is 7.55. The molecule has 0 aliphatic carbocycles. The van der Waals surface area contributed by atoms with E-state index < -0.39 is 0 Å². The largest absolute Gasteiger partial charge is 0.493 e. The average Bonchev–Trinajstić information content (AvgIpc) is 2.53. The molecule has 0 saturated carbocycles. The van der Waals surface area contributed by atoms with E-state index in [1.807, 2.05) is 42.5 Å². The van der Waals surface area contributed by atoms with Crippen molar-refractivity contribution in [2.45, 2.75) is 13.0 Å². The number of hydrogen-bond acceptors (Lipinski definition) is 4. The molecule has 2 N–H and O–H groups in total. The topological polar surface area (TPSA) is 53.7 Å². The lowest BCUT2D eigenvalue weighted by molar-refractivity contribution is 0.275. The van der Waals surface area contributed by atoms with Gasteiger partial charge in [0.2, 0.25) is 5.75 Å². The lowest BCUT2D eigenvalue weighted by atomic mass is 10.1. The first-order valence-electron chi connectivity index (χ1n) is 6.90. The quantitative estimate of drug-likeness (QED) is 0.851. The molecule has 0 heterocycles. The van der Waals surface area contributed by atoms with Crippen molar-refractivity contribution in [2.24, 2.45) is 5.73 Å². The fourth-order valence-electron chi connectivity index (χ4n) is 2.14. The van der Waals surface area contributed by atoms with Crippen molar-refractivity contribution >= 4 is 0 Å². The van der Waals surface area contributed by atoms with E-state index >= 15 is 0 Å². The first-order valence-corrected chi connectivity index (χ1v) is 6.90. The van der Waals surface area contributed by atoms with Gasteiger partial charge in [-0.25, -0.2) is 0 Å². The summed E-state index contributed by atoms with van der Waals surface area (Å²) in [5.74, 6) is 1.94. The predicted octanol–water partition coefficient (Wildman–Crippen LogP) is 2.78. The zero-order valence-electron chi connectivity index (χ0n) is 12.5. The Kier molecular flexibility index (Phi) is 5.46. The molecule has 2 rings (SSSR count). The van der Waals surface area contributed by atoms with Gasteiger partial charge in [-0.1, -0.05) is 30.3 Å². The Labute approximate surface area is 125 Å². The van der Waals surface area contributed by atoms with Gasteiger partial charge >= 0.3 is 0 Å². The van der Waals surface area contributed by atoms with Crippen LogP contribution >= 0.6 is 0 Å². The van der Waals surface area contributed by atoms with Gasteiger partial charge in [0.25, 0.3) is 0 Å². The zero-order chi connectivity index (χ0) is 15.1. The SMILES string of the molecule is COc1cc(CCN)cc(OCc2ccccc2)c1OC. The van der Waals surface area contributed by atoms with Crippen LogP contribution in [0.2, 0.25) is 0 Å². The maximum absolute atomic E-state index is 5.90. The predicted molar refractivity (Wildman–Crippen MR) is 83.1 cm³/mol. The van der Waals surface area contributed by atoms with Crippen molar-refractivity contribution in [1.82, 2.24) is 0 Å². The van der Waals surface area contributed by atoms with E-state index in [9.17, 15) is 0 Å². The smallest absolute Gasteiger partial charge is 0.203 e. The molecule has 0 aromatic heterocycles. The summed E-state index contributed by atoms with van der Waals surface area (Å²) in [5, 5.41) is 0. The van der Waals surface area contributed by atoms with Gasteiger partial charge in [-0.05, 0) is 36.2 Å². The molecule has 4 nitrogen and oxygen atoms in total. The van der Waals surface area contributed by atoms with Crippen LogP contribution in [0, 0.1) is 0 Å².